The quantitative estimate of drug-likeness (QED) is 0.832. The third-order valence-corrected chi connectivity index (χ3v) is 1.83. The van der Waals surface area contributed by atoms with Crippen molar-refractivity contribution >= 4 is 39.3 Å². The Morgan fingerprint density at radius 1 is 1.67 bits per heavy atom. The molecule has 0 bridgehead atoms. The number of carboxylic acid groups (broad SMARTS) is 1. The van der Waals surface area contributed by atoms with Crippen LogP contribution in [0.2, 0.25) is 5.28 Å². The van der Waals surface area contributed by atoms with Crippen molar-refractivity contribution in [2.75, 3.05) is 11.9 Å². The minimum absolute atomic E-state index is 0.113. The monoisotopic (exact) mass is 291 g/mol. The summed E-state index contributed by atoms with van der Waals surface area (Å²) in [5.74, 6) is -0.812. The summed E-state index contributed by atoms with van der Waals surface area (Å²) in [5.41, 5.74) is -0.155. The van der Waals surface area contributed by atoms with Gasteiger partial charge >= 0.3 is 5.97 Å². The van der Waals surface area contributed by atoms with E-state index in [9.17, 15) is 4.79 Å². The van der Waals surface area contributed by atoms with E-state index in [2.05, 4.69) is 37.8 Å². The van der Waals surface area contributed by atoms with Gasteiger partial charge in [-0.05, 0) is 11.6 Å². The maximum absolute atomic E-state index is 10.6. The van der Waals surface area contributed by atoms with E-state index in [1.165, 1.54) is 6.07 Å². The molecule has 0 aliphatic heterocycles. The SMILES string of the molecule is C=C(Br)CNc1cc(C(=O)O)nc(Cl)n1. The van der Waals surface area contributed by atoms with Gasteiger partial charge in [-0.1, -0.05) is 22.5 Å². The normalized spacial score (nSPS) is 9.73. The summed E-state index contributed by atoms with van der Waals surface area (Å²) in [6, 6.07) is 1.30. The minimum Gasteiger partial charge on any atom is -0.477 e. The lowest BCUT2D eigenvalue weighted by Gasteiger charge is -2.04. The average molecular weight is 293 g/mol. The zero-order valence-corrected chi connectivity index (χ0v) is 9.84. The molecule has 0 spiro atoms. The van der Waals surface area contributed by atoms with E-state index >= 15 is 0 Å². The molecule has 0 atom stereocenters. The molecule has 0 fully saturated rings. The number of aromatic nitrogens is 2. The van der Waals surface area contributed by atoms with Gasteiger partial charge in [-0.3, -0.25) is 0 Å². The summed E-state index contributed by atoms with van der Waals surface area (Å²) in [7, 11) is 0. The second-order valence-corrected chi connectivity index (χ2v) is 4.04. The number of rotatable bonds is 4. The highest BCUT2D eigenvalue weighted by Gasteiger charge is 2.08. The Bertz CT molecular complexity index is 411. The summed E-state index contributed by atoms with van der Waals surface area (Å²) in [6.07, 6.45) is 0. The number of carbonyl (C=O) groups is 1. The van der Waals surface area contributed by atoms with Crippen LogP contribution in [0.3, 0.4) is 0 Å². The lowest BCUT2D eigenvalue weighted by Crippen LogP contribution is -2.07. The number of hydrogen-bond donors (Lipinski definition) is 2. The van der Waals surface area contributed by atoms with Crippen LogP contribution in [0.25, 0.3) is 0 Å². The molecule has 5 nitrogen and oxygen atoms in total. The third kappa shape index (κ3) is 3.85. The van der Waals surface area contributed by atoms with Crippen molar-refractivity contribution in [2.45, 2.75) is 0 Å². The van der Waals surface area contributed by atoms with E-state index in [4.69, 9.17) is 16.7 Å². The highest BCUT2D eigenvalue weighted by molar-refractivity contribution is 9.11. The first-order chi connectivity index (χ1) is 6.99. The molecule has 7 heteroatoms. The number of nitrogens with zero attached hydrogens (tertiary/aromatic N) is 2. The smallest absolute Gasteiger partial charge is 0.354 e. The Hall–Kier alpha value is -1.14. The first kappa shape index (κ1) is 11.9. The van der Waals surface area contributed by atoms with Crippen LogP contribution in [0.1, 0.15) is 10.5 Å². The van der Waals surface area contributed by atoms with E-state index < -0.39 is 5.97 Å². The Morgan fingerprint density at radius 2 is 2.33 bits per heavy atom. The van der Waals surface area contributed by atoms with Gasteiger partial charge in [-0.15, -0.1) is 0 Å². The first-order valence-electron chi connectivity index (χ1n) is 3.84. The van der Waals surface area contributed by atoms with Crippen molar-refractivity contribution in [1.29, 1.82) is 0 Å². The molecule has 2 N–H and O–H groups in total. The van der Waals surface area contributed by atoms with Gasteiger partial charge in [0.05, 0.1) is 0 Å². The van der Waals surface area contributed by atoms with Crippen molar-refractivity contribution < 1.29 is 9.90 Å². The molecule has 1 rings (SSSR count). The molecule has 0 saturated carbocycles. The Labute approximate surface area is 99.3 Å². The van der Waals surface area contributed by atoms with Crippen LogP contribution in [-0.2, 0) is 0 Å². The number of aromatic carboxylic acids is 1. The van der Waals surface area contributed by atoms with Crippen LogP contribution in [-0.4, -0.2) is 27.6 Å². The molecule has 15 heavy (non-hydrogen) atoms. The second kappa shape index (κ2) is 5.09. The van der Waals surface area contributed by atoms with Crippen LogP contribution in [0.4, 0.5) is 5.82 Å². The van der Waals surface area contributed by atoms with Crippen LogP contribution in [0.5, 0.6) is 0 Å². The maximum atomic E-state index is 10.6. The highest BCUT2D eigenvalue weighted by atomic mass is 79.9. The summed E-state index contributed by atoms with van der Waals surface area (Å²) in [4.78, 5) is 18.0. The Balaban J connectivity index is 2.88. The second-order valence-electron chi connectivity index (χ2n) is 2.58. The zero-order chi connectivity index (χ0) is 11.4. The molecule has 0 unspecified atom stereocenters. The lowest BCUT2D eigenvalue weighted by molar-refractivity contribution is 0.0690. The molecule has 0 radical (unpaired) electrons. The van der Waals surface area contributed by atoms with Gasteiger partial charge in [0, 0.05) is 17.1 Å². The van der Waals surface area contributed by atoms with Gasteiger partial charge in [-0.2, -0.15) is 0 Å². The molecule has 0 amide bonds. The van der Waals surface area contributed by atoms with Gasteiger partial charge in [0.15, 0.2) is 5.69 Å². The first-order valence-corrected chi connectivity index (χ1v) is 5.01. The maximum Gasteiger partial charge on any atom is 0.354 e. The van der Waals surface area contributed by atoms with Gasteiger partial charge in [0.2, 0.25) is 5.28 Å². The van der Waals surface area contributed by atoms with Crippen LogP contribution >= 0.6 is 27.5 Å². The van der Waals surface area contributed by atoms with E-state index in [0.717, 1.165) is 0 Å². The molecule has 1 aromatic rings. The molecular weight excluding hydrogens is 285 g/mol. The summed E-state index contributed by atoms with van der Waals surface area (Å²) in [5, 5.41) is 11.4. The summed E-state index contributed by atoms with van der Waals surface area (Å²) < 4.78 is 0.717. The minimum atomic E-state index is -1.15. The molecule has 1 aromatic heterocycles. The lowest BCUT2D eigenvalue weighted by atomic mass is 10.4. The topological polar surface area (TPSA) is 75.1 Å². The van der Waals surface area contributed by atoms with Gasteiger partial charge in [-0.25, -0.2) is 14.8 Å². The van der Waals surface area contributed by atoms with Crippen molar-refractivity contribution in [2.24, 2.45) is 0 Å². The van der Waals surface area contributed by atoms with E-state index in [-0.39, 0.29) is 11.0 Å². The van der Waals surface area contributed by atoms with Crippen molar-refractivity contribution in [3.05, 3.63) is 28.1 Å². The van der Waals surface area contributed by atoms with Crippen molar-refractivity contribution in [3.63, 3.8) is 0 Å². The molecule has 0 aliphatic carbocycles. The molecule has 0 saturated heterocycles. The largest absolute Gasteiger partial charge is 0.477 e. The fourth-order valence-corrected chi connectivity index (χ4v) is 1.13. The van der Waals surface area contributed by atoms with Crippen LogP contribution in [0, 0.1) is 0 Å². The van der Waals surface area contributed by atoms with E-state index in [0.29, 0.717) is 16.8 Å². The van der Waals surface area contributed by atoms with E-state index in [1.54, 1.807) is 0 Å². The van der Waals surface area contributed by atoms with Gasteiger partial charge in [0.25, 0.3) is 0 Å². The fraction of sp³-hybridized carbons (Fsp3) is 0.125. The molecular formula is C8H7BrClN3O2. The fourth-order valence-electron chi connectivity index (χ4n) is 0.804. The number of carboxylic acids is 1. The average Bonchev–Trinajstić information content (AvgIpc) is 2.13. The van der Waals surface area contributed by atoms with Gasteiger partial charge < -0.3 is 10.4 Å². The number of hydrogen-bond acceptors (Lipinski definition) is 4. The standard InChI is InChI=1S/C8H7BrClN3O2/c1-4(9)3-11-6-2-5(7(14)15)12-8(10)13-6/h2H,1,3H2,(H,14,15)(H,11,12,13). The highest BCUT2D eigenvalue weighted by Crippen LogP contribution is 2.11. The predicted molar refractivity (Wildman–Crippen MR) is 60.6 cm³/mol. The predicted octanol–water partition coefficient (Wildman–Crippen LogP) is 2.15. The molecule has 0 aliphatic rings. The zero-order valence-electron chi connectivity index (χ0n) is 7.50. The molecule has 0 aromatic carbocycles. The number of anilines is 1. The van der Waals surface area contributed by atoms with E-state index in [1.807, 2.05) is 0 Å². The third-order valence-electron chi connectivity index (χ3n) is 1.38. The Kier molecular flexibility index (Phi) is 4.05. The van der Waals surface area contributed by atoms with Crippen molar-refractivity contribution in [1.82, 2.24) is 9.97 Å². The molecule has 80 valence electrons. The Morgan fingerprint density at radius 3 is 2.87 bits per heavy atom. The summed E-state index contributed by atoms with van der Waals surface area (Å²) >= 11 is 8.70. The van der Waals surface area contributed by atoms with Crippen molar-refractivity contribution in [3.8, 4) is 0 Å². The van der Waals surface area contributed by atoms with Crippen LogP contribution < -0.4 is 5.32 Å². The van der Waals surface area contributed by atoms with Gasteiger partial charge in [0.1, 0.15) is 5.82 Å². The molecule has 1 heterocycles. The summed E-state index contributed by atoms with van der Waals surface area (Å²) in [6.45, 7) is 4.03. The van der Waals surface area contributed by atoms with Crippen LogP contribution in [0.15, 0.2) is 17.1 Å². The number of nitrogens with one attached hydrogen (secondary N) is 1. The number of halogens is 2.